The van der Waals surface area contributed by atoms with Crippen molar-refractivity contribution in [1.82, 2.24) is 14.3 Å². The third-order valence-electron chi connectivity index (χ3n) is 5.31. The topological polar surface area (TPSA) is 63.3 Å². The summed E-state index contributed by atoms with van der Waals surface area (Å²) in [5.74, 6) is -0.287. The van der Waals surface area contributed by atoms with Crippen LogP contribution < -0.4 is 4.90 Å². The fourth-order valence-electron chi connectivity index (χ4n) is 3.81. The van der Waals surface area contributed by atoms with Crippen LogP contribution in [0.25, 0.3) is 5.69 Å². The molecule has 0 atom stereocenters. The fraction of sp³-hybridized carbons (Fsp3) is 0.130. The van der Waals surface area contributed by atoms with Gasteiger partial charge in [0, 0.05) is 36.4 Å². The Bertz CT molecular complexity index is 1220. The monoisotopic (exact) mass is 384 g/mol. The van der Waals surface area contributed by atoms with E-state index in [0.717, 1.165) is 22.6 Å². The Kier molecular flexibility index (Phi) is 3.98. The number of anilines is 1. The molecule has 29 heavy (non-hydrogen) atoms. The van der Waals surface area contributed by atoms with E-state index in [4.69, 9.17) is 0 Å². The maximum atomic E-state index is 13.5. The quantitative estimate of drug-likeness (QED) is 0.570. The number of aryl methyl sites for hydroxylation is 1. The maximum Gasteiger partial charge on any atom is 0.262 e. The average molecular weight is 384 g/mol. The zero-order chi connectivity index (χ0) is 20.0. The smallest absolute Gasteiger partial charge is 0.262 e. The minimum atomic E-state index is -0.229. The SMILES string of the molecule is Cc1ccn(-c2ccc(C(=O)N3Cc4cccn4Cc4ccccc43)c(O)c2)n1. The molecule has 0 aliphatic carbocycles. The van der Waals surface area contributed by atoms with Crippen LogP contribution in [-0.2, 0) is 13.1 Å². The highest BCUT2D eigenvalue weighted by Crippen LogP contribution is 2.31. The van der Waals surface area contributed by atoms with Crippen LogP contribution in [0, 0.1) is 6.92 Å². The average Bonchev–Trinajstić information content (AvgIpc) is 3.32. The van der Waals surface area contributed by atoms with Gasteiger partial charge in [-0.15, -0.1) is 0 Å². The Morgan fingerprint density at radius 1 is 1.00 bits per heavy atom. The molecule has 0 spiro atoms. The Morgan fingerprint density at radius 2 is 1.86 bits per heavy atom. The number of aromatic nitrogens is 3. The standard InChI is InChI=1S/C23H20N4O2/c1-16-10-12-27(24-16)18-8-9-20(22(28)13-18)23(29)26-15-19-6-4-11-25(19)14-17-5-2-3-7-21(17)26/h2-13,28H,14-15H2,1H3. The van der Waals surface area contributed by atoms with Gasteiger partial charge in [0.15, 0.2) is 0 Å². The molecule has 0 unspecified atom stereocenters. The Balaban J connectivity index is 1.55. The zero-order valence-electron chi connectivity index (χ0n) is 16.0. The van der Waals surface area contributed by atoms with Crippen LogP contribution in [0.1, 0.15) is 27.3 Å². The molecule has 1 aliphatic rings. The number of benzene rings is 2. The summed E-state index contributed by atoms with van der Waals surface area (Å²) in [5, 5.41) is 15.0. The van der Waals surface area contributed by atoms with E-state index in [-0.39, 0.29) is 17.2 Å². The minimum absolute atomic E-state index is 0.0576. The number of rotatable bonds is 2. The van der Waals surface area contributed by atoms with E-state index >= 15 is 0 Å². The van der Waals surface area contributed by atoms with Gasteiger partial charge in [0.1, 0.15) is 5.75 Å². The van der Waals surface area contributed by atoms with E-state index < -0.39 is 0 Å². The second-order valence-corrected chi connectivity index (χ2v) is 7.25. The van der Waals surface area contributed by atoms with Crippen LogP contribution in [0.4, 0.5) is 5.69 Å². The summed E-state index contributed by atoms with van der Waals surface area (Å²) in [6.07, 6.45) is 3.85. The lowest BCUT2D eigenvalue weighted by atomic mass is 10.1. The van der Waals surface area contributed by atoms with Gasteiger partial charge < -0.3 is 14.6 Å². The third kappa shape index (κ3) is 2.99. The molecule has 5 rings (SSSR count). The van der Waals surface area contributed by atoms with E-state index in [1.807, 2.05) is 61.8 Å². The minimum Gasteiger partial charge on any atom is -0.507 e. The highest BCUT2D eigenvalue weighted by molar-refractivity contribution is 6.08. The first kappa shape index (κ1) is 17.3. The number of hydrogen-bond donors (Lipinski definition) is 1. The lowest BCUT2D eigenvalue weighted by Crippen LogP contribution is -2.30. The lowest BCUT2D eigenvalue weighted by molar-refractivity contribution is 0.0982. The molecule has 3 heterocycles. The second-order valence-electron chi connectivity index (χ2n) is 7.25. The van der Waals surface area contributed by atoms with E-state index in [2.05, 4.69) is 9.67 Å². The van der Waals surface area contributed by atoms with Crippen LogP contribution >= 0.6 is 0 Å². The van der Waals surface area contributed by atoms with Crippen molar-refractivity contribution in [3.05, 3.63) is 95.6 Å². The molecule has 0 radical (unpaired) electrons. The summed E-state index contributed by atoms with van der Waals surface area (Å²) in [6, 6.07) is 18.8. The number of hydrogen-bond acceptors (Lipinski definition) is 3. The number of carbonyl (C=O) groups is 1. The van der Waals surface area contributed by atoms with Gasteiger partial charge in [-0.05, 0) is 48.9 Å². The van der Waals surface area contributed by atoms with Gasteiger partial charge in [-0.1, -0.05) is 18.2 Å². The summed E-state index contributed by atoms with van der Waals surface area (Å²) in [6.45, 7) is 3.06. The van der Waals surface area contributed by atoms with Crippen molar-refractivity contribution >= 4 is 11.6 Å². The Hall–Kier alpha value is -3.80. The third-order valence-corrected chi connectivity index (χ3v) is 5.31. The van der Waals surface area contributed by atoms with Gasteiger partial charge in [0.25, 0.3) is 5.91 Å². The van der Waals surface area contributed by atoms with Gasteiger partial charge in [-0.25, -0.2) is 4.68 Å². The van der Waals surface area contributed by atoms with Crippen molar-refractivity contribution in [2.24, 2.45) is 0 Å². The van der Waals surface area contributed by atoms with Gasteiger partial charge in [0.2, 0.25) is 0 Å². The lowest BCUT2D eigenvalue weighted by Gasteiger charge is -2.23. The summed E-state index contributed by atoms with van der Waals surface area (Å²) in [5.41, 5.74) is 4.85. The molecular weight excluding hydrogens is 364 g/mol. The van der Waals surface area contributed by atoms with Crippen molar-refractivity contribution in [1.29, 1.82) is 0 Å². The summed E-state index contributed by atoms with van der Waals surface area (Å²) >= 11 is 0. The maximum absolute atomic E-state index is 13.5. The zero-order valence-corrected chi connectivity index (χ0v) is 16.0. The Labute approximate surface area is 168 Å². The van der Waals surface area contributed by atoms with Crippen molar-refractivity contribution < 1.29 is 9.90 Å². The molecule has 1 N–H and O–H groups in total. The predicted molar refractivity (Wildman–Crippen MR) is 110 cm³/mol. The number of phenols is 1. The molecule has 1 amide bonds. The van der Waals surface area contributed by atoms with Crippen molar-refractivity contribution in [2.45, 2.75) is 20.0 Å². The normalized spacial score (nSPS) is 12.9. The summed E-state index contributed by atoms with van der Waals surface area (Å²) in [4.78, 5) is 15.2. The number of para-hydroxylation sites is 1. The first-order chi connectivity index (χ1) is 14.1. The number of nitrogens with zero attached hydrogens (tertiary/aromatic N) is 4. The van der Waals surface area contributed by atoms with E-state index in [1.54, 1.807) is 27.8 Å². The molecule has 4 aromatic rings. The van der Waals surface area contributed by atoms with Gasteiger partial charge in [-0.2, -0.15) is 5.10 Å². The molecule has 1 aliphatic heterocycles. The molecule has 0 saturated carbocycles. The van der Waals surface area contributed by atoms with E-state index in [1.165, 1.54) is 0 Å². The highest BCUT2D eigenvalue weighted by Gasteiger charge is 2.26. The summed E-state index contributed by atoms with van der Waals surface area (Å²) in [7, 11) is 0. The molecule has 0 saturated heterocycles. The van der Waals surface area contributed by atoms with Crippen LogP contribution in [0.5, 0.6) is 5.75 Å². The van der Waals surface area contributed by atoms with Gasteiger partial charge in [0.05, 0.1) is 23.5 Å². The number of phenolic OH excluding ortho intramolecular Hbond substituents is 1. The fourth-order valence-corrected chi connectivity index (χ4v) is 3.81. The van der Waals surface area contributed by atoms with Crippen molar-refractivity contribution in [3.8, 4) is 11.4 Å². The number of fused-ring (bicyclic) bond motifs is 2. The molecule has 6 heteroatoms. The molecule has 2 aromatic carbocycles. The number of carbonyl (C=O) groups excluding carboxylic acids is 1. The van der Waals surface area contributed by atoms with Crippen molar-refractivity contribution in [2.75, 3.05) is 4.90 Å². The molecule has 0 fully saturated rings. The summed E-state index contributed by atoms with van der Waals surface area (Å²) < 4.78 is 3.83. The number of aromatic hydroxyl groups is 1. The molecule has 144 valence electrons. The second kappa shape index (κ2) is 6.67. The van der Waals surface area contributed by atoms with Gasteiger partial charge >= 0.3 is 0 Å². The molecule has 0 bridgehead atoms. The molecule has 6 nitrogen and oxygen atoms in total. The van der Waals surface area contributed by atoms with Crippen LogP contribution in [0.2, 0.25) is 0 Å². The largest absolute Gasteiger partial charge is 0.507 e. The molecular formula is C23H20N4O2. The van der Waals surface area contributed by atoms with Gasteiger partial charge in [-0.3, -0.25) is 4.79 Å². The highest BCUT2D eigenvalue weighted by atomic mass is 16.3. The van der Waals surface area contributed by atoms with Crippen LogP contribution in [-0.4, -0.2) is 25.4 Å². The van der Waals surface area contributed by atoms with Crippen LogP contribution in [0.15, 0.2) is 73.1 Å². The first-order valence-corrected chi connectivity index (χ1v) is 9.49. The predicted octanol–water partition coefficient (Wildman–Crippen LogP) is 3.90. The number of amides is 1. The first-order valence-electron chi connectivity index (χ1n) is 9.49. The van der Waals surface area contributed by atoms with E-state index in [0.29, 0.717) is 18.8 Å². The van der Waals surface area contributed by atoms with Crippen LogP contribution in [0.3, 0.4) is 0 Å². The van der Waals surface area contributed by atoms with Crippen molar-refractivity contribution in [3.63, 3.8) is 0 Å². The van der Waals surface area contributed by atoms with E-state index in [9.17, 15) is 9.90 Å². The molecule has 2 aromatic heterocycles. The Morgan fingerprint density at radius 3 is 2.66 bits per heavy atom.